The number of anilines is 1. The van der Waals surface area contributed by atoms with Gasteiger partial charge in [0.05, 0.1) is 12.8 Å². The van der Waals surface area contributed by atoms with Crippen molar-refractivity contribution in [2.24, 2.45) is 5.92 Å². The second-order valence-electron chi connectivity index (χ2n) is 5.32. The van der Waals surface area contributed by atoms with Gasteiger partial charge in [-0.15, -0.1) is 0 Å². The monoisotopic (exact) mass is 233 g/mol. The Morgan fingerprint density at radius 1 is 1.29 bits per heavy atom. The molecule has 1 saturated carbocycles. The highest BCUT2D eigenvalue weighted by atomic mass is 16.5. The number of benzene rings is 1. The first-order valence-corrected chi connectivity index (χ1v) is 6.60. The molecule has 0 bridgehead atoms. The lowest BCUT2D eigenvalue weighted by atomic mass is 9.87. The zero-order chi connectivity index (χ0) is 12.3. The van der Waals surface area contributed by atoms with Crippen molar-refractivity contribution in [1.82, 2.24) is 0 Å². The van der Waals surface area contributed by atoms with Crippen LogP contribution in [-0.4, -0.2) is 13.2 Å². The minimum absolute atomic E-state index is 0.606. The van der Waals surface area contributed by atoms with Crippen LogP contribution in [0.5, 0.6) is 5.75 Å². The van der Waals surface area contributed by atoms with Gasteiger partial charge in [-0.2, -0.15) is 0 Å². The predicted octanol–water partition coefficient (Wildman–Crippen LogP) is 3.99. The van der Waals surface area contributed by atoms with Crippen molar-refractivity contribution in [3.05, 3.63) is 23.8 Å². The molecular formula is C15H23NO. The zero-order valence-corrected chi connectivity index (χ0v) is 11.1. The molecule has 2 rings (SSSR count). The Kier molecular flexibility index (Phi) is 3.93. The fourth-order valence-electron chi connectivity index (χ4n) is 2.72. The average Bonchev–Trinajstić information content (AvgIpc) is 2.29. The van der Waals surface area contributed by atoms with E-state index in [1.165, 1.54) is 31.2 Å². The van der Waals surface area contributed by atoms with Gasteiger partial charge >= 0.3 is 0 Å². The van der Waals surface area contributed by atoms with Gasteiger partial charge in [-0.25, -0.2) is 0 Å². The summed E-state index contributed by atoms with van der Waals surface area (Å²) in [5.41, 5.74) is 2.42. The van der Waals surface area contributed by atoms with E-state index in [-0.39, 0.29) is 0 Å². The van der Waals surface area contributed by atoms with E-state index in [4.69, 9.17) is 4.74 Å². The van der Waals surface area contributed by atoms with Crippen molar-refractivity contribution < 1.29 is 4.74 Å². The maximum atomic E-state index is 5.41. The summed E-state index contributed by atoms with van der Waals surface area (Å²) >= 11 is 0. The molecule has 1 aliphatic carbocycles. The number of ether oxygens (including phenoxy) is 1. The molecule has 0 unspecified atom stereocenters. The Morgan fingerprint density at radius 2 is 2.12 bits per heavy atom. The summed E-state index contributed by atoms with van der Waals surface area (Å²) in [6.07, 6.45) is 5.27. The largest absolute Gasteiger partial charge is 0.495 e. The van der Waals surface area contributed by atoms with E-state index in [0.29, 0.717) is 6.04 Å². The highest BCUT2D eigenvalue weighted by Crippen LogP contribution is 2.30. The summed E-state index contributed by atoms with van der Waals surface area (Å²) in [5, 5.41) is 3.65. The van der Waals surface area contributed by atoms with Crippen LogP contribution in [0.3, 0.4) is 0 Å². The van der Waals surface area contributed by atoms with Gasteiger partial charge in [-0.05, 0) is 43.4 Å². The smallest absolute Gasteiger partial charge is 0.141 e. The Bertz CT molecular complexity index is 375. The van der Waals surface area contributed by atoms with Crippen molar-refractivity contribution in [3.8, 4) is 5.75 Å². The molecule has 0 amide bonds. The molecule has 0 saturated heterocycles. The number of methoxy groups -OCH3 is 1. The minimum Gasteiger partial charge on any atom is -0.495 e. The van der Waals surface area contributed by atoms with Crippen LogP contribution >= 0.6 is 0 Å². The first-order valence-electron chi connectivity index (χ1n) is 6.60. The number of aryl methyl sites for hydroxylation is 1. The Morgan fingerprint density at radius 3 is 2.82 bits per heavy atom. The van der Waals surface area contributed by atoms with Gasteiger partial charge in [0, 0.05) is 6.04 Å². The highest BCUT2D eigenvalue weighted by Gasteiger charge is 2.19. The van der Waals surface area contributed by atoms with Gasteiger partial charge in [-0.3, -0.25) is 0 Å². The van der Waals surface area contributed by atoms with Crippen LogP contribution in [0.4, 0.5) is 5.69 Å². The van der Waals surface area contributed by atoms with E-state index < -0.39 is 0 Å². The predicted molar refractivity (Wildman–Crippen MR) is 72.8 cm³/mol. The molecule has 2 nitrogen and oxygen atoms in total. The third-order valence-electron chi connectivity index (χ3n) is 3.65. The van der Waals surface area contributed by atoms with E-state index in [9.17, 15) is 0 Å². The highest BCUT2D eigenvalue weighted by molar-refractivity contribution is 5.58. The molecular weight excluding hydrogens is 210 g/mol. The first kappa shape index (κ1) is 12.3. The van der Waals surface area contributed by atoms with E-state index in [2.05, 4.69) is 31.3 Å². The Balaban J connectivity index is 2.08. The molecule has 2 atom stereocenters. The van der Waals surface area contributed by atoms with Gasteiger partial charge < -0.3 is 10.1 Å². The quantitative estimate of drug-likeness (QED) is 0.852. The third-order valence-corrected chi connectivity index (χ3v) is 3.65. The summed E-state index contributed by atoms with van der Waals surface area (Å²) < 4.78 is 5.41. The average molecular weight is 233 g/mol. The lowest BCUT2D eigenvalue weighted by Crippen LogP contribution is -2.26. The number of hydrogen-bond acceptors (Lipinski definition) is 2. The van der Waals surface area contributed by atoms with Crippen molar-refractivity contribution in [3.63, 3.8) is 0 Å². The van der Waals surface area contributed by atoms with Crippen molar-refractivity contribution in [1.29, 1.82) is 0 Å². The maximum absolute atomic E-state index is 5.41. The lowest BCUT2D eigenvalue weighted by Gasteiger charge is -2.29. The molecule has 0 radical (unpaired) electrons. The molecule has 1 aromatic rings. The molecule has 1 aromatic carbocycles. The van der Waals surface area contributed by atoms with E-state index in [1.807, 2.05) is 6.07 Å². The standard InChI is InChI=1S/C15H23NO/c1-11-5-4-6-13(9-11)16-14-10-12(2)7-8-15(14)17-3/h7-8,10-11,13,16H,4-6,9H2,1-3H3/t11-,13+/m1/s1. The molecule has 0 aromatic heterocycles. The summed E-state index contributed by atoms with van der Waals surface area (Å²) in [5.74, 6) is 1.80. The van der Waals surface area contributed by atoms with Gasteiger partial charge in [0.1, 0.15) is 5.75 Å². The third kappa shape index (κ3) is 3.15. The molecule has 0 spiro atoms. The summed E-state index contributed by atoms with van der Waals surface area (Å²) in [6.45, 7) is 4.47. The Hall–Kier alpha value is -1.18. The van der Waals surface area contributed by atoms with Crippen LogP contribution in [0.25, 0.3) is 0 Å². The normalized spacial score (nSPS) is 24.4. The van der Waals surface area contributed by atoms with Crippen LogP contribution in [0.1, 0.15) is 38.2 Å². The summed E-state index contributed by atoms with van der Waals surface area (Å²) in [7, 11) is 1.74. The fourth-order valence-corrected chi connectivity index (χ4v) is 2.72. The second kappa shape index (κ2) is 5.44. The fraction of sp³-hybridized carbons (Fsp3) is 0.600. The molecule has 17 heavy (non-hydrogen) atoms. The second-order valence-corrected chi connectivity index (χ2v) is 5.32. The number of nitrogens with one attached hydrogen (secondary N) is 1. The lowest BCUT2D eigenvalue weighted by molar-refractivity contribution is 0.357. The van der Waals surface area contributed by atoms with Crippen LogP contribution in [-0.2, 0) is 0 Å². The summed E-state index contributed by atoms with van der Waals surface area (Å²) in [6, 6.07) is 6.92. The van der Waals surface area contributed by atoms with Gasteiger partial charge in [0.15, 0.2) is 0 Å². The molecule has 1 fully saturated rings. The topological polar surface area (TPSA) is 21.3 Å². The van der Waals surface area contributed by atoms with Crippen molar-refractivity contribution >= 4 is 5.69 Å². The molecule has 2 heteroatoms. The molecule has 1 N–H and O–H groups in total. The van der Waals surface area contributed by atoms with E-state index in [1.54, 1.807) is 7.11 Å². The Labute approximate surface area is 104 Å². The SMILES string of the molecule is COc1ccc(C)cc1N[C@H]1CCC[C@@H](C)C1. The van der Waals surface area contributed by atoms with Crippen molar-refractivity contribution in [2.45, 2.75) is 45.6 Å². The molecule has 0 heterocycles. The summed E-state index contributed by atoms with van der Waals surface area (Å²) in [4.78, 5) is 0. The van der Waals surface area contributed by atoms with E-state index >= 15 is 0 Å². The number of rotatable bonds is 3. The molecule has 94 valence electrons. The van der Waals surface area contributed by atoms with E-state index in [0.717, 1.165) is 17.4 Å². The molecule has 0 aliphatic heterocycles. The van der Waals surface area contributed by atoms with Gasteiger partial charge in [0.25, 0.3) is 0 Å². The van der Waals surface area contributed by atoms with Crippen LogP contribution in [0.2, 0.25) is 0 Å². The van der Waals surface area contributed by atoms with Crippen LogP contribution in [0.15, 0.2) is 18.2 Å². The van der Waals surface area contributed by atoms with Crippen LogP contribution in [0, 0.1) is 12.8 Å². The minimum atomic E-state index is 0.606. The van der Waals surface area contributed by atoms with Gasteiger partial charge in [0.2, 0.25) is 0 Å². The zero-order valence-electron chi connectivity index (χ0n) is 11.1. The maximum Gasteiger partial charge on any atom is 0.141 e. The first-order chi connectivity index (χ1) is 8.19. The molecule has 1 aliphatic rings. The number of hydrogen-bond donors (Lipinski definition) is 1. The van der Waals surface area contributed by atoms with Crippen LogP contribution < -0.4 is 10.1 Å². The van der Waals surface area contributed by atoms with Crippen molar-refractivity contribution in [2.75, 3.05) is 12.4 Å². The van der Waals surface area contributed by atoms with Gasteiger partial charge in [-0.1, -0.05) is 25.8 Å².